The van der Waals surface area contributed by atoms with E-state index in [1.807, 2.05) is 0 Å². The highest BCUT2D eigenvalue weighted by Gasteiger charge is 2.44. The Morgan fingerprint density at radius 3 is 2.54 bits per heavy atom. The van der Waals surface area contributed by atoms with Gasteiger partial charge in [0.1, 0.15) is 0 Å². The van der Waals surface area contributed by atoms with Crippen molar-refractivity contribution in [2.24, 2.45) is 0 Å². The molecule has 2 rings (SSSR count). The van der Waals surface area contributed by atoms with E-state index in [0.717, 1.165) is 25.7 Å². The Hall–Kier alpha value is -0.130. The SMILES string of the molecule is O=S(=O)(C1CC1)N1CCC[C@@H]1CO. The fraction of sp³-hybridized carbons (Fsp3) is 1.00. The van der Waals surface area contributed by atoms with Crippen LogP contribution in [0.15, 0.2) is 0 Å². The molecule has 0 aromatic rings. The van der Waals surface area contributed by atoms with Crippen LogP contribution in [0.25, 0.3) is 0 Å². The lowest BCUT2D eigenvalue weighted by molar-refractivity contribution is 0.213. The van der Waals surface area contributed by atoms with Crippen molar-refractivity contribution in [3.63, 3.8) is 0 Å². The maximum absolute atomic E-state index is 11.8. The van der Waals surface area contributed by atoms with E-state index in [4.69, 9.17) is 5.11 Å². The number of rotatable bonds is 3. The van der Waals surface area contributed by atoms with E-state index in [2.05, 4.69) is 0 Å². The van der Waals surface area contributed by atoms with Crippen LogP contribution < -0.4 is 0 Å². The molecular formula is C8H15NO3S. The van der Waals surface area contributed by atoms with Gasteiger partial charge >= 0.3 is 0 Å². The highest BCUT2D eigenvalue weighted by molar-refractivity contribution is 7.90. The summed E-state index contributed by atoms with van der Waals surface area (Å²) in [5.41, 5.74) is 0. The van der Waals surface area contributed by atoms with Crippen LogP contribution >= 0.6 is 0 Å². The maximum atomic E-state index is 11.8. The van der Waals surface area contributed by atoms with Crippen molar-refractivity contribution in [3.8, 4) is 0 Å². The van der Waals surface area contributed by atoms with E-state index in [1.165, 1.54) is 4.31 Å². The normalized spacial score (nSPS) is 31.0. The Kier molecular flexibility index (Phi) is 2.33. The van der Waals surface area contributed by atoms with Crippen LogP contribution in [0.5, 0.6) is 0 Å². The summed E-state index contributed by atoms with van der Waals surface area (Å²) >= 11 is 0. The number of hydrogen-bond donors (Lipinski definition) is 1. The van der Waals surface area contributed by atoms with Gasteiger partial charge in [0.05, 0.1) is 11.9 Å². The van der Waals surface area contributed by atoms with Gasteiger partial charge in [-0.1, -0.05) is 0 Å². The number of aliphatic hydroxyl groups is 1. The van der Waals surface area contributed by atoms with Gasteiger partial charge in [0.25, 0.3) is 0 Å². The second-order valence-corrected chi connectivity index (χ2v) is 6.00. The van der Waals surface area contributed by atoms with Gasteiger partial charge in [-0.3, -0.25) is 0 Å². The molecule has 5 heteroatoms. The van der Waals surface area contributed by atoms with Crippen LogP contribution in [-0.4, -0.2) is 42.3 Å². The van der Waals surface area contributed by atoms with Crippen molar-refractivity contribution < 1.29 is 13.5 Å². The zero-order valence-electron chi connectivity index (χ0n) is 7.52. The first-order valence-electron chi connectivity index (χ1n) is 4.78. The van der Waals surface area contributed by atoms with Gasteiger partial charge in [0.2, 0.25) is 10.0 Å². The second kappa shape index (κ2) is 3.22. The van der Waals surface area contributed by atoms with Crippen molar-refractivity contribution in [2.45, 2.75) is 37.0 Å². The molecule has 0 spiro atoms. The highest BCUT2D eigenvalue weighted by Crippen LogP contribution is 2.34. The molecule has 1 aliphatic heterocycles. The molecule has 4 nitrogen and oxygen atoms in total. The minimum absolute atomic E-state index is 0.0358. The van der Waals surface area contributed by atoms with Gasteiger partial charge in [-0.2, -0.15) is 4.31 Å². The molecule has 2 aliphatic rings. The van der Waals surface area contributed by atoms with E-state index in [9.17, 15) is 8.42 Å². The molecule has 76 valence electrons. The van der Waals surface area contributed by atoms with E-state index < -0.39 is 10.0 Å². The molecule has 13 heavy (non-hydrogen) atoms. The highest BCUT2D eigenvalue weighted by atomic mass is 32.2. The van der Waals surface area contributed by atoms with Crippen LogP contribution in [0.4, 0.5) is 0 Å². The average Bonchev–Trinajstić information content (AvgIpc) is 2.84. The van der Waals surface area contributed by atoms with Gasteiger partial charge in [0.15, 0.2) is 0 Å². The lowest BCUT2D eigenvalue weighted by atomic mass is 10.2. The molecule has 1 heterocycles. The molecule has 1 aliphatic carbocycles. The number of sulfonamides is 1. The monoisotopic (exact) mass is 205 g/mol. The summed E-state index contributed by atoms with van der Waals surface area (Å²) in [4.78, 5) is 0. The summed E-state index contributed by atoms with van der Waals surface area (Å²) in [7, 11) is -3.05. The summed E-state index contributed by atoms with van der Waals surface area (Å²) in [6, 6.07) is -0.148. The number of nitrogens with zero attached hydrogens (tertiary/aromatic N) is 1. The summed E-state index contributed by atoms with van der Waals surface area (Å²) in [6.45, 7) is 0.565. The predicted octanol–water partition coefficient (Wildman–Crippen LogP) is -0.0647. The number of aliphatic hydroxyl groups excluding tert-OH is 1. The second-order valence-electron chi connectivity index (χ2n) is 3.83. The lowest BCUT2D eigenvalue weighted by Crippen LogP contribution is -2.39. The lowest BCUT2D eigenvalue weighted by Gasteiger charge is -2.21. The summed E-state index contributed by atoms with van der Waals surface area (Å²) in [5, 5.41) is 8.86. The third-order valence-corrected chi connectivity index (χ3v) is 5.25. The molecule has 0 radical (unpaired) electrons. The summed E-state index contributed by atoms with van der Waals surface area (Å²) in [6.07, 6.45) is 3.30. The average molecular weight is 205 g/mol. The standard InChI is InChI=1S/C8H15NO3S/c10-6-7-2-1-5-9(7)13(11,12)8-3-4-8/h7-8,10H,1-6H2/t7-/m1/s1. The first kappa shape index (κ1) is 9.43. The minimum Gasteiger partial charge on any atom is -0.395 e. The van der Waals surface area contributed by atoms with Crippen molar-refractivity contribution in [3.05, 3.63) is 0 Å². The predicted molar refractivity (Wildman–Crippen MR) is 48.8 cm³/mol. The topological polar surface area (TPSA) is 57.6 Å². The van der Waals surface area contributed by atoms with Crippen LogP contribution in [0.1, 0.15) is 25.7 Å². The van der Waals surface area contributed by atoms with Crippen molar-refractivity contribution >= 4 is 10.0 Å². The molecule has 0 amide bonds. The Labute approximate surface area is 78.6 Å². The van der Waals surface area contributed by atoms with Crippen LogP contribution in [0.2, 0.25) is 0 Å². The Bertz CT molecular complexity index is 284. The molecule has 0 aromatic carbocycles. The van der Waals surface area contributed by atoms with E-state index in [0.29, 0.717) is 6.54 Å². The first-order chi connectivity index (χ1) is 6.16. The van der Waals surface area contributed by atoms with Gasteiger partial charge in [0, 0.05) is 12.6 Å². The Morgan fingerprint density at radius 2 is 2.00 bits per heavy atom. The van der Waals surface area contributed by atoms with Crippen molar-refractivity contribution in [2.75, 3.05) is 13.2 Å². The van der Waals surface area contributed by atoms with E-state index in [-0.39, 0.29) is 17.9 Å². The molecule has 1 saturated carbocycles. The van der Waals surface area contributed by atoms with Crippen LogP contribution in [0.3, 0.4) is 0 Å². The molecule has 0 aromatic heterocycles. The van der Waals surface area contributed by atoms with Gasteiger partial charge in [-0.05, 0) is 25.7 Å². The number of hydrogen-bond acceptors (Lipinski definition) is 3. The zero-order valence-corrected chi connectivity index (χ0v) is 8.33. The smallest absolute Gasteiger partial charge is 0.217 e. The molecule has 1 N–H and O–H groups in total. The quantitative estimate of drug-likeness (QED) is 0.702. The molecule has 1 saturated heterocycles. The fourth-order valence-electron chi connectivity index (χ4n) is 1.88. The zero-order chi connectivity index (χ0) is 9.47. The molecule has 0 bridgehead atoms. The Morgan fingerprint density at radius 1 is 1.31 bits per heavy atom. The third kappa shape index (κ3) is 1.60. The Balaban J connectivity index is 2.14. The van der Waals surface area contributed by atoms with Crippen LogP contribution in [-0.2, 0) is 10.0 Å². The largest absolute Gasteiger partial charge is 0.395 e. The molecular weight excluding hydrogens is 190 g/mol. The van der Waals surface area contributed by atoms with Gasteiger partial charge in [-0.15, -0.1) is 0 Å². The van der Waals surface area contributed by atoms with Crippen molar-refractivity contribution in [1.29, 1.82) is 0 Å². The van der Waals surface area contributed by atoms with E-state index >= 15 is 0 Å². The first-order valence-corrected chi connectivity index (χ1v) is 6.28. The third-order valence-electron chi connectivity index (χ3n) is 2.81. The van der Waals surface area contributed by atoms with Gasteiger partial charge in [-0.25, -0.2) is 8.42 Å². The summed E-state index contributed by atoms with van der Waals surface area (Å²) in [5.74, 6) is 0. The fourth-order valence-corrected chi connectivity index (χ4v) is 3.97. The molecule has 0 unspecified atom stereocenters. The maximum Gasteiger partial charge on any atom is 0.217 e. The summed E-state index contributed by atoms with van der Waals surface area (Å²) < 4.78 is 25.1. The van der Waals surface area contributed by atoms with Crippen molar-refractivity contribution in [1.82, 2.24) is 4.31 Å². The molecule has 2 fully saturated rings. The van der Waals surface area contributed by atoms with E-state index in [1.54, 1.807) is 0 Å². The minimum atomic E-state index is -3.05. The van der Waals surface area contributed by atoms with Gasteiger partial charge < -0.3 is 5.11 Å². The van der Waals surface area contributed by atoms with Crippen LogP contribution in [0, 0.1) is 0 Å². The molecule has 1 atom stereocenters.